The van der Waals surface area contributed by atoms with Crippen molar-refractivity contribution in [3.63, 3.8) is 0 Å². The highest BCUT2D eigenvalue weighted by atomic mass is 16.5. The molecule has 0 radical (unpaired) electrons. The van der Waals surface area contributed by atoms with Crippen LogP contribution in [0.15, 0.2) is 36.5 Å². The van der Waals surface area contributed by atoms with Gasteiger partial charge in [-0.15, -0.1) is 0 Å². The van der Waals surface area contributed by atoms with Gasteiger partial charge in [0.05, 0.1) is 25.4 Å². The number of amides is 1. The number of hydrogen-bond acceptors (Lipinski definition) is 5. The lowest BCUT2D eigenvalue weighted by Gasteiger charge is -2.22. The average Bonchev–Trinajstić information content (AvgIpc) is 3.32. The van der Waals surface area contributed by atoms with E-state index in [4.69, 9.17) is 4.74 Å². The fraction of sp³-hybridized carbons (Fsp3) is 0.867. The lowest BCUT2D eigenvalue weighted by molar-refractivity contribution is -0.143. The first-order valence-corrected chi connectivity index (χ1v) is 29.2. The van der Waals surface area contributed by atoms with Crippen molar-refractivity contribution >= 4 is 11.9 Å². The zero-order valence-corrected chi connectivity index (χ0v) is 44.2. The van der Waals surface area contributed by atoms with E-state index in [9.17, 15) is 19.8 Å². The molecule has 0 fully saturated rings. The van der Waals surface area contributed by atoms with E-state index < -0.39 is 12.1 Å². The zero-order chi connectivity index (χ0) is 47.9. The lowest BCUT2D eigenvalue weighted by Crippen LogP contribution is -2.45. The Bertz CT molecular complexity index is 1070. The number of esters is 1. The number of carbonyl (C=O) groups is 2. The maximum Gasteiger partial charge on any atom is 0.305 e. The Balaban J connectivity index is 3.40. The summed E-state index contributed by atoms with van der Waals surface area (Å²) in [5.41, 5.74) is 0. The quantitative estimate of drug-likeness (QED) is 0.0321. The molecule has 0 aliphatic heterocycles. The molecule has 0 spiro atoms. The van der Waals surface area contributed by atoms with Crippen molar-refractivity contribution < 1.29 is 24.5 Å². The minimum Gasteiger partial charge on any atom is -0.466 e. The summed E-state index contributed by atoms with van der Waals surface area (Å²) in [5, 5.41) is 23.1. The first kappa shape index (κ1) is 64.1. The van der Waals surface area contributed by atoms with Gasteiger partial charge in [-0.05, 0) is 83.5 Å². The van der Waals surface area contributed by atoms with Gasteiger partial charge in [0.25, 0.3) is 0 Å². The molecule has 0 aliphatic rings. The molecule has 3 N–H and O–H groups in total. The van der Waals surface area contributed by atoms with Gasteiger partial charge in [0.15, 0.2) is 0 Å². The van der Waals surface area contributed by atoms with Gasteiger partial charge < -0.3 is 20.3 Å². The van der Waals surface area contributed by atoms with Crippen LogP contribution >= 0.6 is 0 Å². The number of nitrogens with one attached hydrogen (secondary N) is 1. The van der Waals surface area contributed by atoms with Crippen molar-refractivity contribution in [2.45, 2.75) is 321 Å². The monoisotopic (exact) mass is 928 g/mol. The van der Waals surface area contributed by atoms with Gasteiger partial charge >= 0.3 is 5.97 Å². The molecule has 2 atom stereocenters. The highest BCUT2D eigenvalue weighted by Gasteiger charge is 2.20. The van der Waals surface area contributed by atoms with Crippen molar-refractivity contribution in [3.8, 4) is 0 Å². The molecule has 0 saturated heterocycles. The Kier molecular flexibility index (Phi) is 54.1. The van der Waals surface area contributed by atoms with Crippen LogP contribution in [-0.4, -0.2) is 47.4 Å². The lowest BCUT2D eigenvalue weighted by atomic mass is 10.0. The molecule has 6 nitrogen and oxygen atoms in total. The van der Waals surface area contributed by atoms with Crippen molar-refractivity contribution in [2.75, 3.05) is 13.2 Å². The smallest absolute Gasteiger partial charge is 0.305 e. The van der Waals surface area contributed by atoms with Crippen LogP contribution in [0, 0.1) is 0 Å². The molecule has 0 rings (SSSR count). The molecular formula is C60H113NO5. The van der Waals surface area contributed by atoms with Crippen LogP contribution in [0.2, 0.25) is 0 Å². The fourth-order valence-electron chi connectivity index (χ4n) is 8.90. The van der Waals surface area contributed by atoms with Crippen LogP contribution in [0.5, 0.6) is 0 Å². The van der Waals surface area contributed by atoms with Crippen LogP contribution in [0.1, 0.15) is 309 Å². The maximum atomic E-state index is 12.4. The van der Waals surface area contributed by atoms with E-state index in [1.165, 1.54) is 225 Å². The Labute approximate surface area is 411 Å². The van der Waals surface area contributed by atoms with Gasteiger partial charge in [-0.2, -0.15) is 0 Å². The second-order valence-electron chi connectivity index (χ2n) is 20.0. The third-order valence-corrected chi connectivity index (χ3v) is 13.4. The van der Waals surface area contributed by atoms with Gasteiger partial charge in [-0.1, -0.05) is 249 Å². The van der Waals surface area contributed by atoms with E-state index in [2.05, 4.69) is 55.6 Å². The van der Waals surface area contributed by atoms with E-state index in [1.54, 1.807) is 0 Å². The minimum absolute atomic E-state index is 0.000971. The molecule has 0 bridgehead atoms. The maximum absolute atomic E-state index is 12.4. The fourth-order valence-corrected chi connectivity index (χ4v) is 8.90. The first-order chi connectivity index (χ1) is 32.5. The normalized spacial score (nSPS) is 12.8. The Morgan fingerprint density at radius 1 is 0.424 bits per heavy atom. The van der Waals surface area contributed by atoms with Gasteiger partial charge in [0, 0.05) is 12.8 Å². The SMILES string of the molecule is CCCCCC/C=C\CCCCCCCC(=O)OCCCCCCCCCCC/C=C\C/C=C\CCCCCCCCCCCCCC(=O)NC(CO)C(O)CCCCCCCCCCC. The molecular weight excluding hydrogens is 815 g/mol. The van der Waals surface area contributed by atoms with Crippen LogP contribution in [0.25, 0.3) is 0 Å². The van der Waals surface area contributed by atoms with Crippen molar-refractivity contribution in [1.29, 1.82) is 0 Å². The third-order valence-electron chi connectivity index (χ3n) is 13.4. The number of aliphatic hydroxyl groups is 2. The number of hydrogen-bond donors (Lipinski definition) is 3. The van der Waals surface area contributed by atoms with Crippen molar-refractivity contribution in [1.82, 2.24) is 5.32 Å². The largest absolute Gasteiger partial charge is 0.466 e. The van der Waals surface area contributed by atoms with E-state index in [1.807, 2.05) is 0 Å². The number of aliphatic hydroxyl groups excluding tert-OH is 2. The Hall–Kier alpha value is -1.92. The summed E-state index contributed by atoms with van der Waals surface area (Å²) in [6.45, 7) is 4.91. The predicted octanol–water partition coefficient (Wildman–Crippen LogP) is 18.0. The van der Waals surface area contributed by atoms with Crippen molar-refractivity contribution in [3.05, 3.63) is 36.5 Å². The number of ether oxygens (including phenoxy) is 1. The van der Waals surface area contributed by atoms with Crippen LogP contribution < -0.4 is 5.32 Å². The van der Waals surface area contributed by atoms with Gasteiger partial charge in [0.1, 0.15) is 0 Å². The standard InChI is InChI=1S/C60H113NO5/c1-3-5-7-9-11-13-14-30-34-38-42-46-50-54-60(65)66-55-51-47-43-39-35-32-29-27-25-23-21-19-17-15-16-18-20-22-24-26-28-31-33-37-41-45-49-53-59(64)61-57(56-62)58(63)52-48-44-40-36-12-10-8-6-4-2/h13-16,19,21,57-58,62-63H,3-12,17-18,20,22-56H2,1-2H3,(H,61,64)/b14-13-,16-15-,21-19-. The molecule has 0 aromatic rings. The topological polar surface area (TPSA) is 95.9 Å². The Morgan fingerprint density at radius 3 is 1.18 bits per heavy atom. The zero-order valence-electron chi connectivity index (χ0n) is 44.2. The van der Waals surface area contributed by atoms with E-state index >= 15 is 0 Å². The first-order valence-electron chi connectivity index (χ1n) is 29.2. The summed E-state index contributed by atoms with van der Waals surface area (Å²) >= 11 is 0. The van der Waals surface area contributed by atoms with E-state index in [0.717, 1.165) is 51.4 Å². The molecule has 0 aromatic heterocycles. The average molecular weight is 929 g/mol. The molecule has 0 aromatic carbocycles. The second kappa shape index (κ2) is 55.7. The number of allylic oxidation sites excluding steroid dienone is 6. The molecule has 1 amide bonds. The van der Waals surface area contributed by atoms with Crippen LogP contribution in [-0.2, 0) is 14.3 Å². The second-order valence-corrected chi connectivity index (χ2v) is 20.0. The highest BCUT2D eigenvalue weighted by molar-refractivity contribution is 5.76. The molecule has 0 saturated carbocycles. The summed E-state index contributed by atoms with van der Waals surface area (Å²) < 4.78 is 5.46. The Morgan fingerprint density at radius 2 is 0.758 bits per heavy atom. The molecule has 388 valence electrons. The summed E-state index contributed by atoms with van der Waals surface area (Å²) in [5.74, 6) is -0.0396. The van der Waals surface area contributed by atoms with Crippen LogP contribution in [0.4, 0.5) is 0 Å². The molecule has 0 heterocycles. The number of unbranched alkanes of at least 4 members (excludes halogenated alkanes) is 37. The number of rotatable bonds is 54. The van der Waals surface area contributed by atoms with Gasteiger partial charge in [-0.25, -0.2) is 0 Å². The summed E-state index contributed by atoms with van der Waals surface area (Å²) in [7, 11) is 0. The molecule has 0 aliphatic carbocycles. The molecule has 66 heavy (non-hydrogen) atoms. The van der Waals surface area contributed by atoms with Gasteiger partial charge in [-0.3, -0.25) is 9.59 Å². The van der Waals surface area contributed by atoms with E-state index in [0.29, 0.717) is 25.9 Å². The van der Waals surface area contributed by atoms with Gasteiger partial charge in [0.2, 0.25) is 5.91 Å². The third kappa shape index (κ3) is 51.5. The summed E-state index contributed by atoms with van der Waals surface area (Å²) in [6, 6.07) is -0.542. The highest BCUT2D eigenvalue weighted by Crippen LogP contribution is 2.16. The molecule has 2 unspecified atom stereocenters. The molecule has 6 heteroatoms. The summed E-state index contributed by atoms with van der Waals surface area (Å²) in [4.78, 5) is 24.4. The summed E-state index contributed by atoms with van der Waals surface area (Å²) in [6.07, 6.45) is 68.7. The minimum atomic E-state index is -0.664. The van der Waals surface area contributed by atoms with E-state index in [-0.39, 0.29) is 18.5 Å². The predicted molar refractivity (Wildman–Crippen MR) is 287 cm³/mol. The van der Waals surface area contributed by atoms with Crippen LogP contribution in [0.3, 0.4) is 0 Å². The van der Waals surface area contributed by atoms with Crippen molar-refractivity contribution in [2.24, 2.45) is 0 Å². The number of carbonyl (C=O) groups excluding carboxylic acids is 2.